The molecule has 0 aliphatic heterocycles. The Bertz CT molecular complexity index is 837. The van der Waals surface area contributed by atoms with E-state index in [9.17, 15) is 14.9 Å². The van der Waals surface area contributed by atoms with Gasteiger partial charge in [-0.15, -0.1) is 0 Å². The summed E-state index contributed by atoms with van der Waals surface area (Å²) in [7, 11) is 2.76. The normalized spacial score (nSPS) is 10.5. The number of halogens is 1. The van der Waals surface area contributed by atoms with Crippen molar-refractivity contribution in [1.82, 2.24) is 9.97 Å². The van der Waals surface area contributed by atoms with Gasteiger partial charge in [0.2, 0.25) is 23.4 Å². The summed E-state index contributed by atoms with van der Waals surface area (Å²) in [6.07, 6.45) is 0.779. The summed E-state index contributed by atoms with van der Waals surface area (Å²) in [4.78, 5) is 32.0. The van der Waals surface area contributed by atoms with Crippen LogP contribution in [0.25, 0.3) is 0 Å². The number of ketones is 1. The zero-order valence-electron chi connectivity index (χ0n) is 15.0. The van der Waals surface area contributed by atoms with Gasteiger partial charge in [0.1, 0.15) is 5.56 Å². The highest BCUT2D eigenvalue weighted by atomic mass is 127. The van der Waals surface area contributed by atoms with Crippen LogP contribution in [0.4, 0.5) is 5.69 Å². The highest BCUT2D eigenvalue weighted by Gasteiger charge is 2.28. The van der Waals surface area contributed by atoms with E-state index in [1.54, 1.807) is 6.07 Å². The number of rotatable bonds is 9. The Morgan fingerprint density at radius 2 is 1.81 bits per heavy atom. The summed E-state index contributed by atoms with van der Waals surface area (Å²) in [5, 5.41) is 11.7. The van der Waals surface area contributed by atoms with Crippen molar-refractivity contribution in [1.29, 1.82) is 0 Å². The van der Waals surface area contributed by atoms with E-state index in [2.05, 4.69) is 9.97 Å². The lowest BCUT2D eigenvalue weighted by Gasteiger charge is -2.10. The standard InChI is InChI=1S/C17H18IN3O6/c1-4-5-27-9-10-6-11(18)7-12(15(10)21(23)24)16(22)17-19-13(25-2)8-14(20-17)26-3/h6-8H,4-5,9H2,1-3H3. The fourth-order valence-corrected chi connectivity index (χ4v) is 3.00. The molecule has 0 aliphatic rings. The molecule has 9 nitrogen and oxygen atoms in total. The van der Waals surface area contributed by atoms with Gasteiger partial charge < -0.3 is 14.2 Å². The van der Waals surface area contributed by atoms with Crippen molar-refractivity contribution < 1.29 is 23.9 Å². The van der Waals surface area contributed by atoms with E-state index >= 15 is 0 Å². The van der Waals surface area contributed by atoms with Crippen LogP contribution >= 0.6 is 22.6 Å². The maximum Gasteiger partial charge on any atom is 0.286 e. The molecule has 1 aromatic carbocycles. The van der Waals surface area contributed by atoms with Crippen LogP contribution in [0.15, 0.2) is 18.2 Å². The fourth-order valence-electron chi connectivity index (χ4n) is 2.32. The minimum Gasteiger partial charge on any atom is -0.481 e. The lowest BCUT2D eigenvalue weighted by Crippen LogP contribution is -2.13. The molecule has 0 aliphatic carbocycles. The summed E-state index contributed by atoms with van der Waals surface area (Å²) < 4.78 is 16.2. The number of nitro benzene ring substituents is 1. The highest BCUT2D eigenvalue weighted by Crippen LogP contribution is 2.29. The minimum atomic E-state index is -0.700. The van der Waals surface area contributed by atoms with Gasteiger partial charge in [0, 0.05) is 10.2 Å². The number of hydrogen-bond donors (Lipinski definition) is 0. The molecule has 0 saturated carbocycles. The number of nitrogens with zero attached hydrogens (tertiary/aromatic N) is 3. The molecule has 0 amide bonds. The molecule has 0 N–H and O–H groups in total. The van der Waals surface area contributed by atoms with Crippen molar-refractivity contribution >= 4 is 34.1 Å². The molecule has 0 fully saturated rings. The van der Waals surface area contributed by atoms with Crippen molar-refractivity contribution in [3.05, 3.63) is 48.8 Å². The van der Waals surface area contributed by atoms with Crippen LogP contribution in [0, 0.1) is 13.7 Å². The average Bonchev–Trinajstić information content (AvgIpc) is 2.66. The van der Waals surface area contributed by atoms with Gasteiger partial charge in [0.15, 0.2) is 0 Å². The van der Waals surface area contributed by atoms with E-state index in [1.807, 2.05) is 29.5 Å². The summed E-state index contributed by atoms with van der Waals surface area (Å²) in [5.41, 5.74) is -0.113. The quantitative estimate of drug-likeness (QED) is 0.174. The zero-order chi connectivity index (χ0) is 20.0. The van der Waals surface area contributed by atoms with Crippen molar-refractivity contribution in [2.24, 2.45) is 0 Å². The van der Waals surface area contributed by atoms with Gasteiger partial charge >= 0.3 is 0 Å². The molecule has 1 heterocycles. The molecule has 2 rings (SSSR count). The van der Waals surface area contributed by atoms with Crippen molar-refractivity contribution in [2.75, 3.05) is 20.8 Å². The number of methoxy groups -OCH3 is 2. The second-order valence-corrected chi connectivity index (χ2v) is 6.62. The van der Waals surface area contributed by atoms with Crippen LogP contribution in [0.5, 0.6) is 11.8 Å². The van der Waals surface area contributed by atoms with Crippen molar-refractivity contribution in [3.8, 4) is 11.8 Å². The number of benzene rings is 1. The smallest absolute Gasteiger partial charge is 0.286 e. The maximum absolute atomic E-state index is 13.0. The summed E-state index contributed by atoms with van der Waals surface area (Å²) in [5.74, 6) is -0.721. The molecule has 2 aromatic rings. The number of carbonyl (C=O) groups excluding carboxylic acids is 1. The Labute approximate surface area is 169 Å². The number of hydrogen-bond acceptors (Lipinski definition) is 8. The molecule has 0 atom stereocenters. The van der Waals surface area contributed by atoms with Crippen LogP contribution in [0.3, 0.4) is 0 Å². The van der Waals surface area contributed by atoms with Gasteiger partial charge in [-0.2, -0.15) is 9.97 Å². The van der Waals surface area contributed by atoms with Crippen molar-refractivity contribution in [2.45, 2.75) is 20.0 Å². The Morgan fingerprint density at radius 1 is 1.19 bits per heavy atom. The van der Waals surface area contributed by atoms with Crippen LogP contribution < -0.4 is 9.47 Å². The summed E-state index contributed by atoms with van der Waals surface area (Å²) >= 11 is 1.99. The topological polar surface area (TPSA) is 114 Å². The molecular weight excluding hydrogens is 469 g/mol. The summed E-state index contributed by atoms with van der Waals surface area (Å²) in [6.45, 7) is 2.43. The van der Waals surface area contributed by atoms with Gasteiger partial charge in [0.05, 0.1) is 37.4 Å². The minimum absolute atomic E-state index is 0.0313. The van der Waals surface area contributed by atoms with Gasteiger partial charge in [-0.3, -0.25) is 14.9 Å². The molecule has 144 valence electrons. The van der Waals surface area contributed by atoms with E-state index in [4.69, 9.17) is 14.2 Å². The predicted molar refractivity (Wildman–Crippen MR) is 104 cm³/mol. The molecule has 0 unspecified atom stereocenters. The van der Waals surface area contributed by atoms with E-state index in [-0.39, 0.29) is 35.4 Å². The Kier molecular flexibility index (Phi) is 7.42. The van der Waals surface area contributed by atoms with E-state index < -0.39 is 10.7 Å². The largest absolute Gasteiger partial charge is 0.481 e. The first-order chi connectivity index (χ1) is 12.9. The Morgan fingerprint density at radius 3 is 2.33 bits per heavy atom. The third-order valence-corrected chi connectivity index (χ3v) is 4.11. The van der Waals surface area contributed by atoms with Crippen LogP contribution in [0.2, 0.25) is 0 Å². The van der Waals surface area contributed by atoms with Gasteiger partial charge in [-0.1, -0.05) is 6.92 Å². The van der Waals surface area contributed by atoms with Crippen LogP contribution in [0.1, 0.15) is 35.1 Å². The number of carbonyl (C=O) groups is 1. The van der Waals surface area contributed by atoms with Gasteiger partial charge in [-0.05, 0) is 41.1 Å². The monoisotopic (exact) mass is 487 g/mol. The molecule has 0 radical (unpaired) electrons. The Hall–Kier alpha value is -2.34. The van der Waals surface area contributed by atoms with E-state index in [0.29, 0.717) is 15.7 Å². The lowest BCUT2D eigenvalue weighted by molar-refractivity contribution is -0.386. The van der Waals surface area contributed by atoms with E-state index in [0.717, 1.165) is 6.42 Å². The number of aromatic nitrogens is 2. The first-order valence-corrected chi connectivity index (χ1v) is 9.05. The summed E-state index contributed by atoms with van der Waals surface area (Å²) in [6, 6.07) is 4.46. The average molecular weight is 487 g/mol. The SMILES string of the molecule is CCCOCc1cc(I)cc(C(=O)c2nc(OC)cc(OC)n2)c1[N+](=O)[O-]. The lowest BCUT2D eigenvalue weighted by atomic mass is 10.0. The molecule has 10 heteroatoms. The Balaban J connectivity index is 2.56. The van der Waals surface area contributed by atoms with Gasteiger partial charge in [-0.25, -0.2) is 0 Å². The predicted octanol–water partition coefficient (Wildman–Crippen LogP) is 3.16. The van der Waals surface area contributed by atoms with Crippen LogP contribution in [-0.4, -0.2) is 41.5 Å². The zero-order valence-corrected chi connectivity index (χ0v) is 17.2. The first kappa shape index (κ1) is 21.0. The number of ether oxygens (including phenoxy) is 3. The number of nitro groups is 1. The molecule has 27 heavy (non-hydrogen) atoms. The molecule has 1 aromatic heterocycles. The molecule has 0 bridgehead atoms. The highest BCUT2D eigenvalue weighted by molar-refractivity contribution is 14.1. The second-order valence-electron chi connectivity index (χ2n) is 5.38. The first-order valence-electron chi connectivity index (χ1n) is 7.97. The van der Waals surface area contributed by atoms with Gasteiger partial charge in [0.25, 0.3) is 5.69 Å². The third-order valence-electron chi connectivity index (χ3n) is 3.49. The maximum atomic E-state index is 13.0. The molecular formula is C17H18IN3O6. The fraction of sp³-hybridized carbons (Fsp3) is 0.353. The second kappa shape index (κ2) is 9.55. The third kappa shape index (κ3) is 5.10. The molecule has 0 spiro atoms. The van der Waals surface area contributed by atoms with Crippen LogP contribution in [-0.2, 0) is 11.3 Å². The molecule has 0 saturated heterocycles. The van der Waals surface area contributed by atoms with E-state index in [1.165, 1.54) is 26.4 Å². The van der Waals surface area contributed by atoms with Crippen molar-refractivity contribution in [3.63, 3.8) is 0 Å².